The molecule has 0 heterocycles. The van der Waals surface area contributed by atoms with Gasteiger partial charge in [-0.15, -0.1) is 11.6 Å². The highest BCUT2D eigenvalue weighted by atomic mass is 35.5. The number of alkyl halides is 1. The third kappa shape index (κ3) is 3.95. The fourth-order valence-electron chi connectivity index (χ4n) is 1.30. The minimum Gasteiger partial charge on any atom is -0.330 e. The van der Waals surface area contributed by atoms with E-state index in [2.05, 4.69) is 36.4 Å². The maximum Gasteiger partial charge on any atom is 0.0258 e. The molecule has 0 aliphatic carbocycles. The zero-order valence-corrected chi connectivity index (χ0v) is 9.00. The summed E-state index contributed by atoms with van der Waals surface area (Å²) in [4.78, 5) is 0. The summed E-state index contributed by atoms with van der Waals surface area (Å²) in [6.45, 7) is 0.703. The maximum absolute atomic E-state index is 5.58. The van der Waals surface area contributed by atoms with Crippen molar-refractivity contribution in [1.29, 1.82) is 0 Å². The predicted octanol–water partition coefficient (Wildman–Crippen LogP) is 2.83. The average Bonchev–Trinajstić information content (AvgIpc) is 2.19. The Balaban J connectivity index is 2.63. The number of allylic oxidation sites excluding steroid dienone is 1. The zero-order valence-electron chi connectivity index (χ0n) is 8.25. The van der Waals surface area contributed by atoms with E-state index in [4.69, 9.17) is 17.3 Å². The van der Waals surface area contributed by atoms with Crippen LogP contribution >= 0.6 is 11.6 Å². The molecule has 14 heavy (non-hydrogen) atoms. The Hall–Kier alpha value is -0.790. The van der Waals surface area contributed by atoms with Gasteiger partial charge >= 0.3 is 0 Å². The summed E-state index contributed by atoms with van der Waals surface area (Å²) < 4.78 is 0. The molecule has 0 unspecified atom stereocenters. The van der Waals surface area contributed by atoms with E-state index in [1.807, 2.05) is 0 Å². The number of halogens is 1. The van der Waals surface area contributed by atoms with E-state index in [1.54, 1.807) is 0 Å². The number of rotatable bonds is 5. The van der Waals surface area contributed by atoms with Crippen molar-refractivity contribution in [1.82, 2.24) is 0 Å². The van der Waals surface area contributed by atoms with Crippen LogP contribution in [0.2, 0.25) is 0 Å². The molecule has 1 rings (SSSR count). The molecule has 1 aromatic carbocycles. The highest BCUT2D eigenvalue weighted by Crippen LogP contribution is 2.08. The SMILES string of the molecule is NCCc1cccc(C=CCCCl)c1. The number of hydrogen-bond donors (Lipinski definition) is 1. The number of nitrogens with two attached hydrogens (primary N) is 1. The molecule has 76 valence electrons. The van der Waals surface area contributed by atoms with Crippen LogP contribution in [0, 0.1) is 0 Å². The minimum absolute atomic E-state index is 0.680. The van der Waals surface area contributed by atoms with E-state index in [0.717, 1.165) is 12.8 Å². The Morgan fingerprint density at radius 2 is 2.21 bits per heavy atom. The van der Waals surface area contributed by atoms with Gasteiger partial charge in [0.25, 0.3) is 0 Å². The molecule has 0 saturated carbocycles. The van der Waals surface area contributed by atoms with Crippen LogP contribution in [0.25, 0.3) is 6.08 Å². The molecule has 0 bridgehead atoms. The third-order valence-electron chi connectivity index (χ3n) is 1.97. The molecule has 0 spiro atoms. The van der Waals surface area contributed by atoms with Gasteiger partial charge in [0.15, 0.2) is 0 Å². The molecule has 1 nitrogen and oxygen atoms in total. The minimum atomic E-state index is 0.680. The van der Waals surface area contributed by atoms with Crippen LogP contribution in [-0.2, 0) is 6.42 Å². The largest absolute Gasteiger partial charge is 0.330 e. The van der Waals surface area contributed by atoms with Gasteiger partial charge < -0.3 is 5.73 Å². The smallest absolute Gasteiger partial charge is 0.0258 e. The Labute approximate surface area is 90.6 Å². The summed E-state index contributed by atoms with van der Waals surface area (Å²) in [7, 11) is 0. The molecule has 1 aromatic rings. The summed E-state index contributed by atoms with van der Waals surface area (Å²) in [6, 6.07) is 8.42. The first kappa shape index (κ1) is 11.3. The molecule has 0 saturated heterocycles. The van der Waals surface area contributed by atoms with E-state index < -0.39 is 0 Å². The van der Waals surface area contributed by atoms with E-state index >= 15 is 0 Å². The van der Waals surface area contributed by atoms with Crippen molar-refractivity contribution in [2.45, 2.75) is 12.8 Å². The van der Waals surface area contributed by atoms with E-state index in [1.165, 1.54) is 11.1 Å². The standard InChI is InChI=1S/C12H16ClN/c13-8-2-1-4-11-5-3-6-12(10-11)7-9-14/h1,3-6,10H,2,7-9,14H2. The molecule has 0 aromatic heterocycles. The molecule has 0 aliphatic heterocycles. The fraction of sp³-hybridized carbons (Fsp3) is 0.333. The molecule has 0 fully saturated rings. The van der Waals surface area contributed by atoms with Gasteiger partial charge in [0, 0.05) is 5.88 Å². The monoisotopic (exact) mass is 209 g/mol. The maximum atomic E-state index is 5.58. The molecule has 0 atom stereocenters. The molecule has 2 N–H and O–H groups in total. The lowest BCUT2D eigenvalue weighted by atomic mass is 10.1. The summed E-state index contributed by atoms with van der Waals surface area (Å²) in [5.41, 5.74) is 8.01. The highest BCUT2D eigenvalue weighted by molar-refractivity contribution is 6.17. The van der Waals surface area contributed by atoms with Gasteiger partial charge in [0.2, 0.25) is 0 Å². The Bertz CT molecular complexity index is 294. The van der Waals surface area contributed by atoms with Crippen LogP contribution in [0.5, 0.6) is 0 Å². The van der Waals surface area contributed by atoms with Crippen molar-refractivity contribution < 1.29 is 0 Å². The second kappa shape index (κ2) is 6.63. The summed E-state index contributed by atoms with van der Waals surface area (Å²) in [5.74, 6) is 0.680. The van der Waals surface area contributed by atoms with Crippen LogP contribution in [-0.4, -0.2) is 12.4 Å². The first-order valence-corrected chi connectivity index (χ1v) is 5.42. The summed E-state index contributed by atoms with van der Waals surface area (Å²) in [5, 5.41) is 0. The molecular formula is C12H16ClN. The second-order valence-corrected chi connectivity index (χ2v) is 3.54. The van der Waals surface area contributed by atoms with Crippen LogP contribution < -0.4 is 5.73 Å². The predicted molar refractivity (Wildman–Crippen MR) is 63.6 cm³/mol. The first-order chi connectivity index (χ1) is 6.86. The molecule has 0 radical (unpaired) electrons. The van der Waals surface area contributed by atoms with E-state index in [0.29, 0.717) is 12.4 Å². The quantitative estimate of drug-likeness (QED) is 0.742. The zero-order chi connectivity index (χ0) is 10.2. The van der Waals surface area contributed by atoms with E-state index in [-0.39, 0.29) is 0 Å². The molecule has 2 heteroatoms. The van der Waals surface area contributed by atoms with Gasteiger partial charge in [0.1, 0.15) is 0 Å². The third-order valence-corrected chi connectivity index (χ3v) is 2.19. The van der Waals surface area contributed by atoms with Crippen molar-refractivity contribution in [2.75, 3.05) is 12.4 Å². The average molecular weight is 210 g/mol. The Kier molecular flexibility index (Phi) is 5.35. The van der Waals surface area contributed by atoms with Crippen molar-refractivity contribution in [2.24, 2.45) is 5.73 Å². The van der Waals surface area contributed by atoms with Crippen LogP contribution in [0.4, 0.5) is 0 Å². The Morgan fingerprint density at radius 3 is 2.93 bits per heavy atom. The summed E-state index contributed by atoms with van der Waals surface area (Å²) >= 11 is 5.58. The first-order valence-electron chi connectivity index (χ1n) is 4.88. The lowest BCUT2D eigenvalue weighted by Gasteiger charge is -1.99. The van der Waals surface area contributed by atoms with Crippen LogP contribution in [0.3, 0.4) is 0 Å². The van der Waals surface area contributed by atoms with Crippen molar-refractivity contribution in [3.63, 3.8) is 0 Å². The molecule has 0 amide bonds. The summed E-state index contributed by atoms with van der Waals surface area (Å²) in [6.07, 6.45) is 6.05. The highest BCUT2D eigenvalue weighted by Gasteiger charge is 1.91. The second-order valence-electron chi connectivity index (χ2n) is 3.16. The number of hydrogen-bond acceptors (Lipinski definition) is 1. The van der Waals surface area contributed by atoms with Gasteiger partial charge in [-0.25, -0.2) is 0 Å². The van der Waals surface area contributed by atoms with Crippen LogP contribution in [0.15, 0.2) is 30.3 Å². The normalized spacial score (nSPS) is 11.0. The molecule has 0 aliphatic rings. The van der Waals surface area contributed by atoms with Crippen molar-refractivity contribution >= 4 is 17.7 Å². The number of benzene rings is 1. The van der Waals surface area contributed by atoms with Gasteiger partial charge in [-0.2, -0.15) is 0 Å². The molecular weight excluding hydrogens is 194 g/mol. The van der Waals surface area contributed by atoms with Gasteiger partial charge in [-0.05, 0) is 30.5 Å². The van der Waals surface area contributed by atoms with Gasteiger partial charge in [-0.1, -0.05) is 36.4 Å². The lowest BCUT2D eigenvalue weighted by Crippen LogP contribution is -2.02. The topological polar surface area (TPSA) is 26.0 Å². The Morgan fingerprint density at radius 1 is 1.36 bits per heavy atom. The van der Waals surface area contributed by atoms with Crippen molar-refractivity contribution in [3.8, 4) is 0 Å². The fourth-order valence-corrected chi connectivity index (χ4v) is 1.43. The van der Waals surface area contributed by atoms with E-state index in [9.17, 15) is 0 Å². The van der Waals surface area contributed by atoms with Gasteiger partial charge in [0.05, 0.1) is 0 Å². The van der Waals surface area contributed by atoms with Crippen molar-refractivity contribution in [3.05, 3.63) is 41.5 Å². The van der Waals surface area contributed by atoms with Gasteiger partial charge in [-0.3, -0.25) is 0 Å². The van der Waals surface area contributed by atoms with Crippen LogP contribution in [0.1, 0.15) is 17.5 Å². The lowest BCUT2D eigenvalue weighted by molar-refractivity contribution is 0.968.